The van der Waals surface area contributed by atoms with Gasteiger partial charge in [0.1, 0.15) is 5.60 Å². The predicted molar refractivity (Wildman–Crippen MR) is 98.8 cm³/mol. The molecular weight excluding hydrogens is 395 g/mol. The maximum Gasteiger partial charge on any atom is 0.410 e. The molecule has 2 N–H and O–H groups in total. The molecule has 1 heterocycles. The van der Waals surface area contributed by atoms with Crippen LogP contribution in [-0.2, 0) is 4.74 Å². The number of likely N-dealkylation sites (tertiary alicyclic amines) is 1. The van der Waals surface area contributed by atoms with Crippen LogP contribution in [0.3, 0.4) is 0 Å². The fourth-order valence-electron chi connectivity index (χ4n) is 2.23. The lowest BCUT2D eigenvalue weighted by molar-refractivity contribution is 0.00700. The van der Waals surface area contributed by atoms with Crippen molar-refractivity contribution < 1.29 is 9.53 Å². The second-order valence-corrected chi connectivity index (χ2v) is 7.01. The topological polar surface area (TPSA) is 66.0 Å². The van der Waals surface area contributed by atoms with E-state index in [1.54, 1.807) is 4.90 Å². The van der Waals surface area contributed by atoms with E-state index in [9.17, 15) is 4.79 Å². The Morgan fingerprint density at radius 1 is 1.32 bits per heavy atom. The molecule has 22 heavy (non-hydrogen) atoms. The van der Waals surface area contributed by atoms with Crippen LogP contribution in [0.4, 0.5) is 4.79 Å². The first-order chi connectivity index (χ1) is 9.78. The van der Waals surface area contributed by atoms with Crippen molar-refractivity contribution in [1.82, 2.24) is 15.5 Å². The highest BCUT2D eigenvalue weighted by Crippen LogP contribution is 2.28. The van der Waals surface area contributed by atoms with Crippen molar-refractivity contribution in [1.29, 1.82) is 0 Å². The summed E-state index contributed by atoms with van der Waals surface area (Å²) in [4.78, 5) is 18.0. The van der Waals surface area contributed by atoms with E-state index in [4.69, 9.17) is 4.74 Å². The van der Waals surface area contributed by atoms with Crippen molar-refractivity contribution in [2.45, 2.75) is 58.7 Å². The van der Waals surface area contributed by atoms with Crippen LogP contribution < -0.4 is 10.6 Å². The molecule has 2 atom stereocenters. The van der Waals surface area contributed by atoms with Gasteiger partial charge in [0.25, 0.3) is 0 Å². The molecule has 0 aromatic rings. The minimum atomic E-state index is -0.436. The van der Waals surface area contributed by atoms with E-state index in [1.807, 2.05) is 27.7 Å². The lowest BCUT2D eigenvalue weighted by Gasteiger charge is -2.40. The Bertz CT molecular complexity index is 416. The average molecular weight is 424 g/mol. The summed E-state index contributed by atoms with van der Waals surface area (Å²) >= 11 is 0. The summed E-state index contributed by atoms with van der Waals surface area (Å²) in [5.74, 6) is 1.59. The van der Waals surface area contributed by atoms with Gasteiger partial charge >= 0.3 is 6.09 Å². The van der Waals surface area contributed by atoms with Crippen LogP contribution in [0.15, 0.2) is 4.99 Å². The number of aliphatic imine (C=N–C) groups is 1. The van der Waals surface area contributed by atoms with Gasteiger partial charge in [-0.15, -0.1) is 24.0 Å². The van der Waals surface area contributed by atoms with Gasteiger partial charge in [-0.1, -0.05) is 6.92 Å². The summed E-state index contributed by atoms with van der Waals surface area (Å²) in [6, 6.07) is 0.800. The standard InChI is InChI=1S/C15H28N4O2.HI/c1-6-16-13(18-12-7-10(12)2)17-11-8-19(9-11)14(20)21-15(3,4)5;/h10-12H,6-9H2,1-5H3,(H2,16,17,18);1H. The Hall–Kier alpha value is -0.730. The summed E-state index contributed by atoms with van der Waals surface area (Å²) in [5.41, 5.74) is -0.436. The smallest absolute Gasteiger partial charge is 0.410 e. The third-order valence-electron chi connectivity index (χ3n) is 3.62. The Morgan fingerprint density at radius 2 is 1.91 bits per heavy atom. The first kappa shape index (κ1) is 19.3. The second-order valence-electron chi connectivity index (χ2n) is 7.01. The summed E-state index contributed by atoms with van der Waals surface area (Å²) in [7, 11) is 0. The largest absolute Gasteiger partial charge is 0.444 e. The van der Waals surface area contributed by atoms with Crippen molar-refractivity contribution in [2.75, 3.05) is 19.6 Å². The molecular formula is C15H29IN4O2. The van der Waals surface area contributed by atoms with Gasteiger partial charge in [0.05, 0.1) is 6.04 Å². The first-order valence-corrected chi connectivity index (χ1v) is 7.84. The highest BCUT2D eigenvalue weighted by molar-refractivity contribution is 14.0. The van der Waals surface area contributed by atoms with Crippen LogP contribution in [0.5, 0.6) is 0 Å². The number of rotatable bonds is 3. The minimum absolute atomic E-state index is 0. The number of guanidine groups is 1. The summed E-state index contributed by atoms with van der Waals surface area (Å²) < 4.78 is 5.34. The first-order valence-electron chi connectivity index (χ1n) is 7.84. The van der Waals surface area contributed by atoms with E-state index >= 15 is 0 Å². The van der Waals surface area contributed by atoms with Crippen molar-refractivity contribution in [2.24, 2.45) is 10.9 Å². The van der Waals surface area contributed by atoms with E-state index in [-0.39, 0.29) is 36.1 Å². The minimum Gasteiger partial charge on any atom is -0.444 e. The molecule has 2 aliphatic rings. The lowest BCUT2D eigenvalue weighted by atomic mass is 10.1. The number of carbonyl (C=O) groups excluding carboxylic acids is 1. The van der Waals surface area contributed by atoms with E-state index in [1.165, 1.54) is 6.42 Å². The van der Waals surface area contributed by atoms with E-state index in [0.717, 1.165) is 18.4 Å². The normalized spacial score (nSPS) is 25.0. The highest BCUT2D eigenvalue weighted by atomic mass is 127. The van der Waals surface area contributed by atoms with Crippen LogP contribution in [0, 0.1) is 5.92 Å². The van der Waals surface area contributed by atoms with Crippen molar-refractivity contribution in [3.05, 3.63) is 0 Å². The fourth-order valence-corrected chi connectivity index (χ4v) is 2.23. The van der Waals surface area contributed by atoms with Gasteiger partial charge in [-0.3, -0.25) is 4.99 Å². The van der Waals surface area contributed by atoms with Crippen LogP contribution in [0.25, 0.3) is 0 Å². The molecule has 0 bridgehead atoms. The van der Waals surface area contributed by atoms with Gasteiger partial charge in [-0.25, -0.2) is 4.79 Å². The molecule has 1 amide bonds. The molecule has 6 nitrogen and oxygen atoms in total. The number of amides is 1. The van der Waals surface area contributed by atoms with Crippen LogP contribution >= 0.6 is 24.0 Å². The van der Waals surface area contributed by atoms with Crippen molar-refractivity contribution in [3.63, 3.8) is 0 Å². The number of ether oxygens (including phenoxy) is 1. The number of hydrogen-bond donors (Lipinski definition) is 2. The monoisotopic (exact) mass is 424 g/mol. The second kappa shape index (κ2) is 7.70. The molecule has 1 aliphatic carbocycles. The number of nitrogens with one attached hydrogen (secondary N) is 2. The molecule has 2 unspecified atom stereocenters. The average Bonchev–Trinajstić information content (AvgIpc) is 2.96. The molecule has 1 saturated carbocycles. The predicted octanol–water partition coefficient (Wildman–Crippen LogP) is 2.19. The third-order valence-corrected chi connectivity index (χ3v) is 3.62. The fraction of sp³-hybridized carbons (Fsp3) is 0.867. The van der Waals surface area contributed by atoms with E-state index in [2.05, 4.69) is 22.5 Å². The van der Waals surface area contributed by atoms with Crippen LogP contribution in [0.1, 0.15) is 41.0 Å². The Labute approximate surface area is 150 Å². The summed E-state index contributed by atoms with van der Waals surface area (Å²) in [6.07, 6.45) is 0.970. The molecule has 2 fully saturated rings. The molecule has 1 aliphatic heterocycles. The van der Waals surface area contributed by atoms with Gasteiger partial charge in [0.2, 0.25) is 0 Å². The molecule has 2 rings (SSSR count). The van der Waals surface area contributed by atoms with Crippen molar-refractivity contribution >= 4 is 36.0 Å². The van der Waals surface area contributed by atoms with Crippen molar-refractivity contribution in [3.8, 4) is 0 Å². The Morgan fingerprint density at radius 3 is 2.36 bits per heavy atom. The molecule has 0 aromatic heterocycles. The van der Waals surface area contributed by atoms with E-state index in [0.29, 0.717) is 19.1 Å². The zero-order valence-electron chi connectivity index (χ0n) is 14.2. The summed E-state index contributed by atoms with van der Waals surface area (Å²) in [6.45, 7) is 12.0. The maximum atomic E-state index is 11.9. The highest BCUT2D eigenvalue weighted by Gasteiger charge is 2.36. The van der Waals surface area contributed by atoms with Crippen LogP contribution in [0.2, 0.25) is 0 Å². The van der Waals surface area contributed by atoms with Gasteiger partial charge in [0.15, 0.2) is 5.96 Å². The molecule has 0 radical (unpaired) electrons. The number of carbonyl (C=O) groups is 1. The quantitative estimate of drug-likeness (QED) is 0.414. The molecule has 7 heteroatoms. The maximum absolute atomic E-state index is 11.9. The molecule has 1 saturated heterocycles. The van der Waals surface area contributed by atoms with Gasteiger partial charge in [-0.2, -0.15) is 0 Å². The Kier molecular flexibility index (Phi) is 6.76. The lowest BCUT2D eigenvalue weighted by Crippen LogP contribution is -2.63. The molecule has 0 aromatic carbocycles. The number of halogens is 1. The molecule has 128 valence electrons. The van der Waals surface area contributed by atoms with Gasteiger partial charge in [0, 0.05) is 25.7 Å². The zero-order valence-corrected chi connectivity index (χ0v) is 16.5. The number of hydrogen-bond acceptors (Lipinski definition) is 3. The van der Waals surface area contributed by atoms with E-state index < -0.39 is 5.60 Å². The molecule has 0 spiro atoms. The zero-order chi connectivity index (χ0) is 15.6. The third kappa shape index (κ3) is 5.81. The SMILES string of the molecule is CCN=C(NC1CN(C(=O)OC(C)(C)C)C1)NC1CC1C.I. The summed E-state index contributed by atoms with van der Waals surface area (Å²) in [5, 5.41) is 6.81. The van der Waals surface area contributed by atoms with Crippen LogP contribution in [-0.4, -0.2) is 54.3 Å². The Balaban J connectivity index is 0.00000242. The van der Waals surface area contributed by atoms with Gasteiger partial charge < -0.3 is 20.3 Å². The number of nitrogens with zero attached hydrogens (tertiary/aromatic N) is 2. The van der Waals surface area contributed by atoms with Gasteiger partial charge in [-0.05, 0) is 40.0 Å².